The summed E-state index contributed by atoms with van der Waals surface area (Å²) in [7, 11) is 0. The molecule has 3 aromatic rings. The van der Waals surface area contributed by atoms with Crippen LogP contribution in [-0.2, 0) is 17.9 Å². The van der Waals surface area contributed by atoms with Gasteiger partial charge in [-0.25, -0.2) is 14.9 Å². The Morgan fingerprint density at radius 3 is 2.89 bits per heavy atom. The number of nitrogens with zero attached hydrogens (tertiary/aromatic N) is 5. The zero-order valence-corrected chi connectivity index (χ0v) is 15.9. The van der Waals surface area contributed by atoms with Crippen molar-refractivity contribution in [1.29, 1.82) is 0 Å². The van der Waals surface area contributed by atoms with Crippen molar-refractivity contribution in [1.82, 2.24) is 29.2 Å². The molecule has 0 radical (unpaired) electrons. The zero-order valence-electron chi connectivity index (χ0n) is 15.9. The molecule has 0 bridgehead atoms. The molecule has 1 aliphatic heterocycles. The van der Waals surface area contributed by atoms with Crippen LogP contribution in [0.15, 0.2) is 47.5 Å². The van der Waals surface area contributed by atoms with Gasteiger partial charge in [0.2, 0.25) is 5.91 Å². The number of piperidine rings is 1. The number of imidazole rings is 1. The minimum Gasteiger partial charge on any atom is -0.340 e. The molecule has 0 aliphatic carbocycles. The van der Waals surface area contributed by atoms with Crippen LogP contribution in [0.4, 0.5) is 0 Å². The maximum Gasteiger partial charge on any atom is 0.343 e. The summed E-state index contributed by atoms with van der Waals surface area (Å²) in [6, 6.07) is 9.86. The van der Waals surface area contributed by atoms with Crippen LogP contribution in [0, 0.1) is 0 Å². The minimum absolute atomic E-state index is 0.0563. The number of H-pyrrole nitrogens is 1. The van der Waals surface area contributed by atoms with Gasteiger partial charge in [0.1, 0.15) is 18.2 Å². The van der Waals surface area contributed by atoms with E-state index in [9.17, 15) is 9.59 Å². The smallest absolute Gasteiger partial charge is 0.340 e. The summed E-state index contributed by atoms with van der Waals surface area (Å²) in [5, 5.41) is 6.74. The number of aromatic amines is 1. The summed E-state index contributed by atoms with van der Waals surface area (Å²) in [5.74, 6) is 1.67. The van der Waals surface area contributed by atoms with E-state index < -0.39 is 0 Å². The first-order valence-electron chi connectivity index (χ1n) is 9.66. The molecule has 1 atom stereocenters. The predicted octanol–water partition coefficient (Wildman–Crippen LogP) is 1.86. The molecule has 1 aliphatic rings. The van der Waals surface area contributed by atoms with Gasteiger partial charge < -0.3 is 9.47 Å². The molecule has 1 unspecified atom stereocenters. The first kappa shape index (κ1) is 18.2. The van der Waals surface area contributed by atoms with Crippen LogP contribution in [-0.4, -0.2) is 48.2 Å². The maximum atomic E-state index is 13.0. The molecule has 8 nitrogen and oxygen atoms in total. The molecule has 4 rings (SSSR count). The van der Waals surface area contributed by atoms with Crippen LogP contribution in [0.25, 0.3) is 11.4 Å². The summed E-state index contributed by atoms with van der Waals surface area (Å²) in [4.78, 5) is 31.1. The monoisotopic (exact) mass is 380 g/mol. The third-order valence-corrected chi connectivity index (χ3v) is 5.30. The van der Waals surface area contributed by atoms with Crippen molar-refractivity contribution in [3.63, 3.8) is 0 Å². The lowest BCUT2D eigenvalue weighted by Crippen LogP contribution is -2.41. The standard InChI is InChI=1S/C20H24N6O2/c1-2-26-19(22-23-20(26)28)16-9-6-11-24(13-16)17(27)14-25-12-10-21-18(25)15-7-4-3-5-8-15/h3-5,7-8,10,12,16H,2,6,9,11,13-14H2,1H3,(H,23,28). The SMILES string of the molecule is CCn1c(C2CCCN(C(=O)Cn3ccnc3-c3ccccc3)C2)n[nH]c1=O. The van der Waals surface area contributed by atoms with Crippen LogP contribution in [0.3, 0.4) is 0 Å². The molecule has 3 heterocycles. The van der Waals surface area contributed by atoms with Crippen LogP contribution >= 0.6 is 0 Å². The summed E-state index contributed by atoms with van der Waals surface area (Å²) >= 11 is 0. The van der Waals surface area contributed by atoms with Crippen molar-refractivity contribution >= 4 is 5.91 Å². The van der Waals surface area contributed by atoms with Crippen LogP contribution in [0.1, 0.15) is 31.5 Å². The number of aromatic nitrogens is 5. The third kappa shape index (κ3) is 3.49. The van der Waals surface area contributed by atoms with Crippen LogP contribution in [0.2, 0.25) is 0 Å². The van der Waals surface area contributed by atoms with E-state index in [0.29, 0.717) is 13.1 Å². The third-order valence-electron chi connectivity index (χ3n) is 5.30. The second-order valence-corrected chi connectivity index (χ2v) is 7.05. The Balaban J connectivity index is 1.49. The highest BCUT2D eigenvalue weighted by Gasteiger charge is 2.28. The summed E-state index contributed by atoms with van der Waals surface area (Å²) in [6.45, 7) is 4.06. The van der Waals surface area contributed by atoms with E-state index >= 15 is 0 Å². The van der Waals surface area contributed by atoms with Crippen molar-refractivity contribution in [3.05, 3.63) is 59.0 Å². The molecular weight excluding hydrogens is 356 g/mol. The highest BCUT2D eigenvalue weighted by molar-refractivity contribution is 5.77. The molecule has 1 aromatic carbocycles. The molecule has 28 heavy (non-hydrogen) atoms. The molecule has 0 spiro atoms. The number of nitrogens with one attached hydrogen (secondary N) is 1. The fourth-order valence-electron chi connectivity index (χ4n) is 3.89. The number of carbonyl (C=O) groups excluding carboxylic acids is 1. The van der Waals surface area contributed by atoms with E-state index in [1.165, 1.54) is 0 Å². The summed E-state index contributed by atoms with van der Waals surface area (Å²) in [6.07, 6.45) is 5.38. The fourth-order valence-corrected chi connectivity index (χ4v) is 3.89. The Hall–Kier alpha value is -3.16. The topological polar surface area (TPSA) is 88.8 Å². The normalized spacial score (nSPS) is 17.0. The fraction of sp³-hybridized carbons (Fsp3) is 0.400. The summed E-state index contributed by atoms with van der Waals surface area (Å²) < 4.78 is 3.54. The second kappa shape index (κ2) is 7.84. The van der Waals surface area contributed by atoms with Crippen molar-refractivity contribution < 1.29 is 4.79 Å². The molecular formula is C20H24N6O2. The van der Waals surface area contributed by atoms with Gasteiger partial charge in [0.05, 0.1) is 0 Å². The Labute approximate surface area is 162 Å². The van der Waals surface area contributed by atoms with Gasteiger partial charge in [0.15, 0.2) is 0 Å². The van der Waals surface area contributed by atoms with Gasteiger partial charge in [-0.1, -0.05) is 30.3 Å². The number of benzene rings is 1. The number of hydrogen-bond acceptors (Lipinski definition) is 4. The quantitative estimate of drug-likeness (QED) is 0.732. The largest absolute Gasteiger partial charge is 0.343 e. The predicted molar refractivity (Wildman–Crippen MR) is 105 cm³/mol. The van der Waals surface area contributed by atoms with Crippen LogP contribution in [0.5, 0.6) is 0 Å². The van der Waals surface area contributed by atoms with E-state index in [2.05, 4.69) is 15.2 Å². The van der Waals surface area contributed by atoms with Crippen molar-refractivity contribution in [2.24, 2.45) is 0 Å². The highest BCUT2D eigenvalue weighted by atomic mass is 16.2. The van der Waals surface area contributed by atoms with E-state index in [1.807, 2.05) is 52.9 Å². The number of carbonyl (C=O) groups is 1. The average Bonchev–Trinajstić information content (AvgIpc) is 3.34. The first-order valence-corrected chi connectivity index (χ1v) is 9.66. The molecule has 1 fully saturated rings. The average molecular weight is 380 g/mol. The van der Waals surface area contributed by atoms with E-state index in [0.717, 1.165) is 36.6 Å². The van der Waals surface area contributed by atoms with E-state index in [1.54, 1.807) is 10.8 Å². The lowest BCUT2D eigenvalue weighted by Gasteiger charge is -2.32. The molecule has 146 valence electrons. The van der Waals surface area contributed by atoms with Gasteiger partial charge in [-0.15, -0.1) is 0 Å². The molecule has 8 heteroatoms. The van der Waals surface area contributed by atoms with E-state index in [4.69, 9.17) is 0 Å². The summed E-state index contributed by atoms with van der Waals surface area (Å²) in [5.41, 5.74) is 0.798. The van der Waals surface area contributed by atoms with Gasteiger partial charge >= 0.3 is 5.69 Å². The number of likely N-dealkylation sites (tertiary alicyclic amines) is 1. The number of amides is 1. The van der Waals surface area contributed by atoms with Gasteiger partial charge in [0, 0.05) is 43.5 Å². The molecule has 1 N–H and O–H groups in total. The first-order chi connectivity index (χ1) is 13.7. The van der Waals surface area contributed by atoms with Gasteiger partial charge in [-0.2, -0.15) is 5.10 Å². The molecule has 1 saturated heterocycles. The van der Waals surface area contributed by atoms with Crippen molar-refractivity contribution in [2.75, 3.05) is 13.1 Å². The lowest BCUT2D eigenvalue weighted by molar-refractivity contribution is -0.133. The molecule has 0 saturated carbocycles. The Morgan fingerprint density at radius 2 is 2.11 bits per heavy atom. The van der Waals surface area contributed by atoms with Gasteiger partial charge in [0.25, 0.3) is 0 Å². The van der Waals surface area contributed by atoms with Gasteiger partial charge in [-0.05, 0) is 19.8 Å². The number of rotatable bonds is 5. The highest BCUT2D eigenvalue weighted by Crippen LogP contribution is 2.25. The maximum absolute atomic E-state index is 13.0. The Morgan fingerprint density at radius 1 is 1.29 bits per heavy atom. The van der Waals surface area contributed by atoms with Crippen molar-refractivity contribution in [2.45, 2.75) is 38.8 Å². The van der Waals surface area contributed by atoms with Gasteiger partial charge in [-0.3, -0.25) is 9.36 Å². The minimum atomic E-state index is -0.188. The Bertz CT molecular complexity index is 1000. The number of hydrogen-bond donors (Lipinski definition) is 1. The zero-order chi connectivity index (χ0) is 19.5. The molecule has 1 amide bonds. The van der Waals surface area contributed by atoms with Crippen molar-refractivity contribution in [3.8, 4) is 11.4 Å². The van der Waals surface area contributed by atoms with Crippen LogP contribution < -0.4 is 5.69 Å². The molecule has 2 aromatic heterocycles. The Kier molecular flexibility index (Phi) is 5.10. The second-order valence-electron chi connectivity index (χ2n) is 7.05. The van der Waals surface area contributed by atoms with E-state index in [-0.39, 0.29) is 24.1 Å². The lowest BCUT2D eigenvalue weighted by atomic mass is 9.97.